The second-order valence-corrected chi connectivity index (χ2v) is 6.29. The lowest BCUT2D eigenvalue weighted by atomic mass is 9.89. The first-order chi connectivity index (χ1) is 12.4. The Morgan fingerprint density at radius 3 is 2.58 bits per heavy atom. The molecule has 1 N–H and O–H groups in total. The highest BCUT2D eigenvalue weighted by Crippen LogP contribution is 2.33. The fraction of sp³-hybridized carbons (Fsp3) is 0.353. The molecule has 0 aliphatic carbocycles. The van der Waals surface area contributed by atoms with Gasteiger partial charge in [-0.25, -0.2) is 0 Å². The van der Waals surface area contributed by atoms with Crippen LogP contribution in [-0.4, -0.2) is 49.4 Å². The van der Waals surface area contributed by atoms with Gasteiger partial charge in [-0.1, -0.05) is 30.3 Å². The van der Waals surface area contributed by atoms with E-state index in [0.29, 0.717) is 12.4 Å². The largest absolute Gasteiger partial charge is 0.481 e. The van der Waals surface area contributed by atoms with Crippen LogP contribution >= 0.6 is 0 Å². The summed E-state index contributed by atoms with van der Waals surface area (Å²) < 4.78 is 1.41. The van der Waals surface area contributed by atoms with Crippen molar-refractivity contribution >= 4 is 17.7 Å². The highest BCUT2D eigenvalue weighted by Gasteiger charge is 2.40. The Hall–Kier alpha value is -3.23. The Morgan fingerprint density at radius 1 is 1.31 bits per heavy atom. The molecule has 0 spiro atoms. The summed E-state index contributed by atoms with van der Waals surface area (Å²) in [6.45, 7) is 1.89. The minimum Gasteiger partial charge on any atom is -0.481 e. The van der Waals surface area contributed by atoms with Crippen molar-refractivity contribution in [3.8, 4) is 0 Å². The lowest BCUT2D eigenvalue weighted by molar-refractivity contribution is -0.389. The second kappa shape index (κ2) is 6.95. The van der Waals surface area contributed by atoms with Crippen molar-refractivity contribution in [3.05, 3.63) is 58.0 Å². The first kappa shape index (κ1) is 17.6. The van der Waals surface area contributed by atoms with E-state index in [-0.39, 0.29) is 30.7 Å². The number of amides is 1. The van der Waals surface area contributed by atoms with E-state index in [1.54, 1.807) is 6.92 Å². The molecule has 0 radical (unpaired) electrons. The molecule has 26 heavy (non-hydrogen) atoms. The molecule has 2 unspecified atom stereocenters. The van der Waals surface area contributed by atoms with Gasteiger partial charge in [0.25, 0.3) is 0 Å². The average molecular weight is 358 g/mol. The van der Waals surface area contributed by atoms with Crippen molar-refractivity contribution in [2.24, 2.45) is 5.92 Å². The van der Waals surface area contributed by atoms with Crippen molar-refractivity contribution in [3.63, 3.8) is 0 Å². The first-order valence-electron chi connectivity index (χ1n) is 8.10. The van der Waals surface area contributed by atoms with E-state index in [0.717, 1.165) is 5.56 Å². The summed E-state index contributed by atoms with van der Waals surface area (Å²) in [6, 6.07) is 9.25. The van der Waals surface area contributed by atoms with Gasteiger partial charge in [-0.15, -0.1) is 0 Å². The lowest BCUT2D eigenvalue weighted by Crippen LogP contribution is -2.32. The number of likely N-dealkylation sites (tertiary alicyclic amines) is 1. The minimum atomic E-state index is -0.941. The van der Waals surface area contributed by atoms with E-state index < -0.39 is 16.8 Å². The number of aryl methyl sites for hydroxylation is 1. The fourth-order valence-electron chi connectivity index (χ4n) is 3.28. The molecule has 1 amide bonds. The lowest BCUT2D eigenvalue weighted by Gasteiger charge is -2.16. The normalized spacial score (nSPS) is 19.5. The molecule has 9 heteroatoms. The van der Waals surface area contributed by atoms with Gasteiger partial charge < -0.3 is 20.1 Å². The van der Waals surface area contributed by atoms with Gasteiger partial charge in [0.1, 0.15) is 12.7 Å². The molecular weight excluding hydrogens is 340 g/mol. The summed E-state index contributed by atoms with van der Waals surface area (Å²) in [5.41, 5.74) is 0.879. The Morgan fingerprint density at radius 2 is 2.00 bits per heavy atom. The predicted octanol–water partition coefficient (Wildman–Crippen LogP) is 1.43. The molecule has 1 aliphatic rings. The molecule has 0 bridgehead atoms. The quantitative estimate of drug-likeness (QED) is 0.638. The van der Waals surface area contributed by atoms with Crippen molar-refractivity contribution < 1.29 is 19.6 Å². The number of benzene rings is 1. The molecule has 1 aromatic carbocycles. The number of nitrogens with zero attached hydrogens (tertiary/aromatic N) is 4. The van der Waals surface area contributed by atoms with Crippen LogP contribution < -0.4 is 0 Å². The third-order valence-corrected chi connectivity index (χ3v) is 4.67. The number of carbonyl (C=O) groups excluding carboxylic acids is 1. The Balaban J connectivity index is 1.76. The maximum Gasteiger partial charge on any atom is 0.381 e. The summed E-state index contributed by atoms with van der Waals surface area (Å²) in [5, 5.41) is 20.3. The maximum absolute atomic E-state index is 12.6. The average Bonchev–Trinajstić information content (AvgIpc) is 3.20. The summed E-state index contributed by atoms with van der Waals surface area (Å²) >= 11 is 0. The number of hydrogen-bond donors (Lipinski definition) is 1. The number of nitro groups is 1. The van der Waals surface area contributed by atoms with Crippen LogP contribution in [0.2, 0.25) is 0 Å². The zero-order chi connectivity index (χ0) is 18.8. The molecule has 0 saturated carbocycles. The van der Waals surface area contributed by atoms with Gasteiger partial charge in [0.2, 0.25) is 11.7 Å². The van der Waals surface area contributed by atoms with E-state index >= 15 is 0 Å². The van der Waals surface area contributed by atoms with Gasteiger partial charge in [-0.3, -0.25) is 14.2 Å². The summed E-state index contributed by atoms with van der Waals surface area (Å²) in [5.74, 6) is -2.15. The molecule has 1 fully saturated rings. The number of carbonyl (C=O) groups is 2. The molecular formula is C17H18N4O5. The van der Waals surface area contributed by atoms with Crippen LogP contribution in [0, 0.1) is 23.0 Å². The maximum atomic E-state index is 12.6. The SMILES string of the molecule is Cc1nc([N+](=O)[O-])cn1CC(=O)N1CC(C(=O)O)C(c2ccccc2)C1. The smallest absolute Gasteiger partial charge is 0.381 e. The number of imidazole rings is 1. The van der Waals surface area contributed by atoms with E-state index in [1.807, 2.05) is 30.3 Å². The van der Waals surface area contributed by atoms with Crippen molar-refractivity contribution in [1.82, 2.24) is 14.5 Å². The molecule has 2 aromatic rings. The standard InChI is InChI=1S/C17H18N4O5/c1-11-18-15(21(25)26)9-19(11)10-16(22)20-7-13(14(8-20)17(23)24)12-5-3-2-4-6-12/h2-6,9,13-14H,7-8,10H2,1H3,(H,23,24). The van der Waals surface area contributed by atoms with Crippen LogP contribution in [0.15, 0.2) is 36.5 Å². The summed E-state index contributed by atoms with van der Waals surface area (Å²) in [4.78, 5) is 39.7. The molecule has 3 rings (SSSR count). The van der Waals surface area contributed by atoms with Crippen molar-refractivity contribution in [2.45, 2.75) is 19.4 Å². The molecule has 2 heterocycles. The van der Waals surface area contributed by atoms with Gasteiger partial charge in [-0.2, -0.15) is 0 Å². The number of aromatic nitrogens is 2. The highest BCUT2D eigenvalue weighted by atomic mass is 16.6. The van der Waals surface area contributed by atoms with Crippen LogP contribution in [0.5, 0.6) is 0 Å². The third kappa shape index (κ3) is 3.41. The summed E-state index contributed by atoms with van der Waals surface area (Å²) in [7, 11) is 0. The van der Waals surface area contributed by atoms with Crippen LogP contribution in [0.1, 0.15) is 17.3 Å². The van der Waals surface area contributed by atoms with E-state index in [2.05, 4.69) is 4.98 Å². The topological polar surface area (TPSA) is 119 Å². The van der Waals surface area contributed by atoms with Gasteiger partial charge in [-0.05, 0) is 15.5 Å². The molecule has 2 atom stereocenters. The van der Waals surface area contributed by atoms with Crippen LogP contribution in [0.4, 0.5) is 5.82 Å². The summed E-state index contributed by atoms with van der Waals surface area (Å²) in [6.07, 6.45) is 1.21. The van der Waals surface area contributed by atoms with E-state index in [4.69, 9.17) is 0 Å². The van der Waals surface area contributed by atoms with Crippen LogP contribution in [-0.2, 0) is 16.1 Å². The zero-order valence-corrected chi connectivity index (χ0v) is 14.1. The van der Waals surface area contributed by atoms with Gasteiger partial charge in [0.15, 0.2) is 0 Å². The number of carboxylic acid groups (broad SMARTS) is 1. The molecule has 1 aliphatic heterocycles. The number of aliphatic carboxylic acids is 1. The molecule has 1 saturated heterocycles. The van der Waals surface area contributed by atoms with Crippen molar-refractivity contribution in [1.29, 1.82) is 0 Å². The second-order valence-electron chi connectivity index (χ2n) is 6.29. The Labute approximate surface area is 149 Å². The van der Waals surface area contributed by atoms with Crippen LogP contribution in [0.25, 0.3) is 0 Å². The highest BCUT2D eigenvalue weighted by molar-refractivity contribution is 5.79. The monoisotopic (exact) mass is 358 g/mol. The van der Waals surface area contributed by atoms with E-state index in [9.17, 15) is 24.8 Å². The molecule has 136 valence electrons. The zero-order valence-electron chi connectivity index (χ0n) is 14.1. The Bertz CT molecular complexity index is 848. The van der Waals surface area contributed by atoms with Gasteiger partial charge in [0, 0.05) is 25.9 Å². The molecule has 1 aromatic heterocycles. The minimum absolute atomic E-state index is 0.111. The number of hydrogen-bond acceptors (Lipinski definition) is 5. The number of rotatable bonds is 5. The third-order valence-electron chi connectivity index (χ3n) is 4.67. The van der Waals surface area contributed by atoms with Crippen molar-refractivity contribution in [2.75, 3.05) is 13.1 Å². The van der Waals surface area contributed by atoms with Gasteiger partial charge >= 0.3 is 11.8 Å². The van der Waals surface area contributed by atoms with Crippen LogP contribution in [0.3, 0.4) is 0 Å². The Kier molecular flexibility index (Phi) is 4.70. The predicted molar refractivity (Wildman–Crippen MR) is 90.5 cm³/mol. The van der Waals surface area contributed by atoms with Gasteiger partial charge in [0.05, 0.1) is 5.92 Å². The molecule has 9 nitrogen and oxygen atoms in total. The fourth-order valence-corrected chi connectivity index (χ4v) is 3.28. The first-order valence-corrected chi connectivity index (χ1v) is 8.10. The number of carboxylic acids is 1. The van der Waals surface area contributed by atoms with E-state index in [1.165, 1.54) is 15.7 Å².